The van der Waals surface area contributed by atoms with Crippen molar-refractivity contribution in [2.75, 3.05) is 24.5 Å². The number of rotatable bonds is 6. The summed E-state index contributed by atoms with van der Waals surface area (Å²) in [4.78, 5) is 6.86. The molecule has 0 aliphatic carbocycles. The van der Waals surface area contributed by atoms with Crippen LogP contribution in [-0.2, 0) is 6.54 Å². The summed E-state index contributed by atoms with van der Waals surface area (Å²) in [6.45, 7) is 10.6. The third kappa shape index (κ3) is 3.30. The van der Waals surface area contributed by atoms with E-state index in [9.17, 15) is 0 Å². The van der Waals surface area contributed by atoms with Crippen LogP contribution in [0.25, 0.3) is 0 Å². The fraction of sp³-hybridized carbons (Fsp3) is 0.800. The van der Waals surface area contributed by atoms with Gasteiger partial charge in [-0.25, -0.2) is 0 Å². The van der Waals surface area contributed by atoms with Crippen molar-refractivity contribution in [3.8, 4) is 0 Å². The molecule has 0 unspecified atom stereocenters. The highest BCUT2D eigenvalue weighted by molar-refractivity contribution is 5.28. The van der Waals surface area contributed by atoms with Crippen molar-refractivity contribution in [2.24, 2.45) is 5.41 Å². The molecule has 1 aromatic rings. The van der Waals surface area contributed by atoms with Crippen molar-refractivity contribution < 1.29 is 4.42 Å². The predicted molar refractivity (Wildman–Crippen MR) is 78.3 cm³/mol. The Labute approximate surface area is 116 Å². The fourth-order valence-corrected chi connectivity index (χ4v) is 2.91. The molecule has 0 amide bonds. The van der Waals surface area contributed by atoms with E-state index in [2.05, 4.69) is 36.0 Å². The number of piperidine rings is 1. The second-order valence-corrected chi connectivity index (χ2v) is 5.60. The van der Waals surface area contributed by atoms with Crippen LogP contribution in [0.5, 0.6) is 0 Å². The van der Waals surface area contributed by atoms with E-state index in [1.54, 1.807) is 6.26 Å². The van der Waals surface area contributed by atoms with Crippen molar-refractivity contribution in [3.05, 3.63) is 12.0 Å². The van der Waals surface area contributed by atoms with E-state index in [1.807, 2.05) is 0 Å². The Morgan fingerprint density at radius 2 is 1.95 bits per heavy atom. The Hall–Kier alpha value is -1.03. The molecule has 19 heavy (non-hydrogen) atoms. The second-order valence-electron chi connectivity index (χ2n) is 5.60. The average Bonchev–Trinajstić information content (AvgIpc) is 2.94. The quantitative estimate of drug-likeness (QED) is 0.857. The average molecular weight is 265 g/mol. The summed E-state index contributed by atoms with van der Waals surface area (Å²) in [6.07, 6.45) is 6.86. The molecule has 1 N–H and O–H groups in total. The minimum Gasteiger partial charge on any atom is -0.432 e. The third-order valence-electron chi connectivity index (χ3n) is 4.69. The van der Waals surface area contributed by atoms with E-state index in [0.717, 1.165) is 37.9 Å². The Balaban J connectivity index is 1.92. The van der Waals surface area contributed by atoms with Gasteiger partial charge in [0.05, 0.1) is 5.69 Å². The van der Waals surface area contributed by atoms with Gasteiger partial charge >= 0.3 is 0 Å². The van der Waals surface area contributed by atoms with E-state index in [1.165, 1.54) is 25.7 Å². The highest BCUT2D eigenvalue weighted by atomic mass is 16.4. The summed E-state index contributed by atoms with van der Waals surface area (Å²) in [6, 6.07) is 0.800. The van der Waals surface area contributed by atoms with Gasteiger partial charge in [-0.1, -0.05) is 33.6 Å². The molecule has 1 saturated heterocycles. The van der Waals surface area contributed by atoms with Gasteiger partial charge in [-0.3, -0.25) is 0 Å². The Kier molecular flexibility index (Phi) is 4.86. The zero-order valence-electron chi connectivity index (χ0n) is 12.5. The van der Waals surface area contributed by atoms with Crippen LogP contribution in [0.15, 0.2) is 10.7 Å². The largest absolute Gasteiger partial charge is 0.432 e. The maximum atomic E-state index is 5.61. The molecule has 1 aliphatic heterocycles. The normalized spacial score (nSPS) is 18.8. The van der Waals surface area contributed by atoms with Gasteiger partial charge in [-0.2, -0.15) is 4.98 Å². The number of aromatic nitrogens is 1. The van der Waals surface area contributed by atoms with Gasteiger partial charge in [-0.15, -0.1) is 0 Å². The van der Waals surface area contributed by atoms with Gasteiger partial charge in [0.1, 0.15) is 6.26 Å². The van der Waals surface area contributed by atoms with Gasteiger partial charge in [0.2, 0.25) is 0 Å². The summed E-state index contributed by atoms with van der Waals surface area (Å²) in [5, 5.41) is 3.27. The lowest BCUT2D eigenvalue weighted by Gasteiger charge is -2.40. The van der Waals surface area contributed by atoms with Crippen LogP contribution in [0.1, 0.15) is 52.1 Å². The Morgan fingerprint density at radius 3 is 2.53 bits per heavy atom. The van der Waals surface area contributed by atoms with Crippen LogP contribution in [0, 0.1) is 5.41 Å². The first-order chi connectivity index (χ1) is 9.23. The van der Waals surface area contributed by atoms with Crippen LogP contribution in [-0.4, -0.2) is 24.6 Å². The molecular formula is C15H27N3O. The molecule has 108 valence electrons. The van der Waals surface area contributed by atoms with E-state index in [-0.39, 0.29) is 0 Å². The van der Waals surface area contributed by atoms with E-state index in [0.29, 0.717) is 5.41 Å². The topological polar surface area (TPSA) is 41.3 Å². The number of hydrogen-bond donors (Lipinski definition) is 1. The summed E-state index contributed by atoms with van der Waals surface area (Å²) in [7, 11) is 0. The summed E-state index contributed by atoms with van der Waals surface area (Å²) in [5.74, 6) is 0. The number of hydrogen-bond acceptors (Lipinski definition) is 4. The minimum atomic E-state index is 0.551. The van der Waals surface area contributed by atoms with E-state index >= 15 is 0 Å². The van der Waals surface area contributed by atoms with Crippen molar-refractivity contribution in [2.45, 2.75) is 53.0 Å². The second kappa shape index (κ2) is 6.42. The standard InChI is InChI=1S/C15H27N3O/c1-4-15(5-2)7-9-18(10-8-15)14-17-13(12-19-14)11-16-6-3/h12,16H,4-11H2,1-3H3. The first kappa shape index (κ1) is 14.4. The molecule has 1 aromatic heterocycles. The van der Waals surface area contributed by atoms with Crippen molar-refractivity contribution in [1.29, 1.82) is 0 Å². The van der Waals surface area contributed by atoms with Crippen LogP contribution in [0.3, 0.4) is 0 Å². The van der Waals surface area contributed by atoms with Gasteiger partial charge in [0.25, 0.3) is 6.01 Å². The lowest BCUT2D eigenvalue weighted by Crippen LogP contribution is -2.39. The van der Waals surface area contributed by atoms with Crippen LogP contribution in [0.2, 0.25) is 0 Å². The van der Waals surface area contributed by atoms with Gasteiger partial charge in [0.15, 0.2) is 0 Å². The van der Waals surface area contributed by atoms with Crippen LogP contribution in [0.4, 0.5) is 6.01 Å². The molecule has 2 rings (SSSR count). The monoisotopic (exact) mass is 265 g/mol. The molecule has 0 aromatic carbocycles. The third-order valence-corrected chi connectivity index (χ3v) is 4.69. The molecule has 1 fully saturated rings. The van der Waals surface area contributed by atoms with E-state index in [4.69, 9.17) is 4.42 Å². The first-order valence-corrected chi connectivity index (χ1v) is 7.63. The molecular weight excluding hydrogens is 238 g/mol. The highest BCUT2D eigenvalue weighted by Crippen LogP contribution is 2.38. The lowest BCUT2D eigenvalue weighted by atomic mass is 9.74. The zero-order chi connectivity index (χ0) is 13.7. The number of anilines is 1. The molecule has 2 heterocycles. The maximum Gasteiger partial charge on any atom is 0.297 e. The van der Waals surface area contributed by atoms with Crippen LogP contribution < -0.4 is 10.2 Å². The zero-order valence-corrected chi connectivity index (χ0v) is 12.5. The molecule has 0 bridgehead atoms. The Morgan fingerprint density at radius 1 is 1.26 bits per heavy atom. The van der Waals surface area contributed by atoms with Crippen LogP contribution >= 0.6 is 0 Å². The summed E-state index contributed by atoms with van der Waals surface area (Å²) >= 11 is 0. The smallest absolute Gasteiger partial charge is 0.297 e. The summed E-state index contributed by atoms with van der Waals surface area (Å²) in [5.41, 5.74) is 1.55. The SMILES string of the molecule is CCNCc1coc(N2CCC(CC)(CC)CC2)n1. The number of nitrogens with zero attached hydrogens (tertiary/aromatic N) is 2. The van der Waals surface area contributed by atoms with Gasteiger partial charge in [-0.05, 0) is 24.8 Å². The van der Waals surface area contributed by atoms with Crippen molar-refractivity contribution in [3.63, 3.8) is 0 Å². The molecule has 1 aliphatic rings. The Bertz CT molecular complexity index is 374. The molecule has 0 atom stereocenters. The first-order valence-electron chi connectivity index (χ1n) is 7.63. The van der Waals surface area contributed by atoms with Crippen molar-refractivity contribution >= 4 is 6.01 Å². The molecule has 4 nitrogen and oxygen atoms in total. The molecule has 4 heteroatoms. The fourth-order valence-electron chi connectivity index (χ4n) is 2.91. The summed E-state index contributed by atoms with van der Waals surface area (Å²) < 4.78 is 5.61. The van der Waals surface area contributed by atoms with Gasteiger partial charge < -0.3 is 14.6 Å². The van der Waals surface area contributed by atoms with Gasteiger partial charge in [0, 0.05) is 19.6 Å². The van der Waals surface area contributed by atoms with E-state index < -0.39 is 0 Å². The number of oxazole rings is 1. The van der Waals surface area contributed by atoms with Crippen molar-refractivity contribution in [1.82, 2.24) is 10.3 Å². The minimum absolute atomic E-state index is 0.551. The highest BCUT2D eigenvalue weighted by Gasteiger charge is 2.32. The number of nitrogens with one attached hydrogen (secondary N) is 1. The predicted octanol–water partition coefficient (Wildman–Crippen LogP) is 3.19. The molecule has 0 radical (unpaired) electrons. The molecule has 0 spiro atoms. The lowest BCUT2D eigenvalue weighted by molar-refractivity contribution is 0.196. The molecule has 0 saturated carbocycles. The maximum absolute atomic E-state index is 5.61.